The van der Waals surface area contributed by atoms with Crippen molar-refractivity contribution in [3.05, 3.63) is 67.1 Å². The van der Waals surface area contributed by atoms with Crippen LogP contribution in [0, 0.1) is 0 Å². The lowest BCUT2D eigenvalue weighted by molar-refractivity contribution is 0.943. The van der Waals surface area contributed by atoms with Crippen molar-refractivity contribution in [1.29, 1.82) is 0 Å². The molecule has 0 radical (unpaired) electrons. The third-order valence-electron chi connectivity index (χ3n) is 2.70. The van der Waals surface area contributed by atoms with Crippen molar-refractivity contribution >= 4 is 66.7 Å². The third kappa shape index (κ3) is 4.12. The van der Waals surface area contributed by atoms with E-state index in [1.54, 1.807) is 0 Å². The van der Waals surface area contributed by atoms with Gasteiger partial charge in [-0.1, -0.05) is 78.8 Å². The smallest absolute Gasteiger partial charge is 0.0595 e. The number of halogens is 5. The molecule has 2 aromatic rings. The molecule has 5 heteroatoms. The van der Waals surface area contributed by atoms with Gasteiger partial charge in [-0.2, -0.15) is 0 Å². The lowest BCUT2D eigenvalue weighted by Gasteiger charge is -2.13. The van der Waals surface area contributed by atoms with E-state index in [9.17, 15) is 0 Å². The first kappa shape index (κ1) is 15.7. The van der Waals surface area contributed by atoms with Crippen molar-refractivity contribution < 1.29 is 0 Å². The molecule has 0 saturated heterocycles. The van der Waals surface area contributed by atoms with E-state index in [0.717, 1.165) is 22.0 Å². The summed E-state index contributed by atoms with van der Waals surface area (Å²) in [6, 6.07) is 11.5. The highest BCUT2D eigenvalue weighted by molar-refractivity contribution is 9.11. The zero-order chi connectivity index (χ0) is 14.0. The maximum atomic E-state index is 6.02. The average molecular weight is 443 g/mol. The Morgan fingerprint density at radius 1 is 0.947 bits per heavy atom. The van der Waals surface area contributed by atoms with Gasteiger partial charge in [0.2, 0.25) is 0 Å². The van der Waals surface area contributed by atoms with Gasteiger partial charge in [-0.05, 0) is 41.8 Å². The Hall–Kier alpha value is 0.270. The summed E-state index contributed by atoms with van der Waals surface area (Å²) in [5.74, 6) is 0. The number of hydrogen-bond donors (Lipinski definition) is 0. The predicted molar refractivity (Wildman–Crippen MR) is 91.0 cm³/mol. The Morgan fingerprint density at radius 2 is 1.68 bits per heavy atom. The molecule has 19 heavy (non-hydrogen) atoms. The number of alkyl halides is 1. The number of hydrogen-bond acceptors (Lipinski definition) is 0. The molecule has 2 aromatic carbocycles. The highest BCUT2D eigenvalue weighted by Gasteiger charge is 2.13. The number of benzene rings is 2. The first-order valence-electron chi connectivity index (χ1n) is 5.50. The molecule has 0 aliphatic carbocycles. The van der Waals surface area contributed by atoms with Gasteiger partial charge < -0.3 is 0 Å². The van der Waals surface area contributed by atoms with Crippen LogP contribution in [-0.4, -0.2) is 0 Å². The molecule has 0 aliphatic heterocycles. The molecule has 0 saturated carbocycles. The van der Waals surface area contributed by atoms with E-state index >= 15 is 0 Å². The van der Waals surface area contributed by atoms with Crippen LogP contribution in [0.2, 0.25) is 15.1 Å². The normalized spacial score (nSPS) is 12.5. The van der Waals surface area contributed by atoms with Gasteiger partial charge in [-0.25, -0.2) is 0 Å². The van der Waals surface area contributed by atoms with Crippen molar-refractivity contribution in [3.8, 4) is 0 Å². The Kier molecular flexibility index (Phi) is 5.62. The SMILES string of the molecule is Clc1ccc(C(Br)Cc2ccc(Cl)c(Cl)c2)c(Br)c1. The van der Waals surface area contributed by atoms with E-state index in [1.165, 1.54) is 0 Å². The van der Waals surface area contributed by atoms with E-state index < -0.39 is 0 Å². The third-order valence-corrected chi connectivity index (χ3v) is 5.18. The fraction of sp³-hybridized carbons (Fsp3) is 0.143. The second-order valence-electron chi connectivity index (χ2n) is 4.09. The summed E-state index contributed by atoms with van der Waals surface area (Å²) in [7, 11) is 0. The lowest BCUT2D eigenvalue weighted by atomic mass is 10.0. The van der Waals surface area contributed by atoms with Crippen LogP contribution in [0.4, 0.5) is 0 Å². The fourth-order valence-electron chi connectivity index (χ4n) is 1.74. The Morgan fingerprint density at radius 3 is 2.32 bits per heavy atom. The van der Waals surface area contributed by atoms with Gasteiger partial charge >= 0.3 is 0 Å². The molecule has 0 aliphatic rings. The van der Waals surface area contributed by atoms with Gasteiger partial charge in [0.1, 0.15) is 0 Å². The molecule has 0 heterocycles. The minimum Gasteiger partial charge on any atom is -0.0843 e. The number of rotatable bonds is 3. The van der Waals surface area contributed by atoms with Crippen LogP contribution in [0.15, 0.2) is 40.9 Å². The molecule has 0 bridgehead atoms. The summed E-state index contributed by atoms with van der Waals surface area (Å²) in [6.07, 6.45) is 0.817. The van der Waals surface area contributed by atoms with Crippen LogP contribution in [0.25, 0.3) is 0 Å². The van der Waals surface area contributed by atoms with Gasteiger partial charge in [0, 0.05) is 14.3 Å². The molecule has 2 rings (SSSR count). The first-order chi connectivity index (χ1) is 8.97. The van der Waals surface area contributed by atoms with Crippen molar-refractivity contribution in [2.75, 3.05) is 0 Å². The second-order valence-corrected chi connectivity index (χ2v) is 7.30. The van der Waals surface area contributed by atoms with Crippen molar-refractivity contribution in [2.24, 2.45) is 0 Å². The first-order valence-corrected chi connectivity index (χ1v) is 8.34. The zero-order valence-electron chi connectivity index (χ0n) is 9.64. The van der Waals surface area contributed by atoms with Gasteiger partial charge in [-0.15, -0.1) is 0 Å². The van der Waals surface area contributed by atoms with Crippen LogP contribution < -0.4 is 0 Å². The maximum absolute atomic E-state index is 6.02. The largest absolute Gasteiger partial charge is 0.0843 e. The van der Waals surface area contributed by atoms with Crippen LogP contribution in [0.3, 0.4) is 0 Å². The van der Waals surface area contributed by atoms with Gasteiger partial charge in [0.05, 0.1) is 10.0 Å². The van der Waals surface area contributed by atoms with Crippen LogP contribution >= 0.6 is 66.7 Å². The highest BCUT2D eigenvalue weighted by atomic mass is 79.9. The second kappa shape index (κ2) is 6.82. The Balaban J connectivity index is 2.20. The van der Waals surface area contributed by atoms with E-state index in [0.29, 0.717) is 15.1 Å². The monoisotopic (exact) mass is 440 g/mol. The van der Waals surface area contributed by atoms with E-state index in [2.05, 4.69) is 31.9 Å². The van der Waals surface area contributed by atoms with E-state index in [1.807, 2.05) is 36.4 Å². The van der Waals surface area contributed by atoms with Crippen molar-refractivity contribution in [2.45, 2.75) is 11.2 Å². The van der Waals surface area contributed by atoms with E-state index in [4.69, 9.17) is 34.8 Å². The summed E-state index contributed by atoms with van der Waals surface area (Å²) in [5, 5.41) is 1.86. The standard InChI is InChI=1S/C14H9Br2Cl3/c15-11(10-3-2-9(17)7-12(10)16)5-8-1-4-13(18)14(19)6-8/h1-4,6-7,11H,5H2. The molecule has 1 unspecified atom stereocenters. The molecule has 1 atom stereocenters. The maximum Gasteiger partial charge on any atom is 0.0595 e. The summed E-state index contributed by atoms with van der Waals surface area (Å²) < 4.78 is 0.988. The minimum absolute atomic E-state index is 0.177. The molecular weight excluding hydrogens is 434 g/mol. The van der Waals surface area contributed by atoms with Gasteiger partial charge in [0.15, 0.2) is 0 Å². The summed E-state index contributed by atoms with van der Waals surface area (Å²) in [6.45, 7) is 0. The summed E-state index contributed by atoms with van der Waals surface area (Å²) >= 11 is 25.1. The molecular formula is C14H9Br2Cl3. The molecule has 0 spiro atoms. The Labute approximate surface area is 144 Å². The van der Waals surface area contributed by atoms with Crippen LogP contribution in [0.1, 0.15) is 16.0 Å². The zero-order valence-corrected chi connectivity index (χ0v) is 15.1. The molecule has 0 aromatic heterocycles. The van der Waals surface area contributed by atoms with Gasteiger partial charge in [-0.3, -0.25) is 0 Å². The molecule has 0 nitrogen and oxygen atoms in total. The van der Waals surface area contributed by atoms with Crippen LogP contribution in [-0.2, 0) is 6.42 Å². The van der Waals surface area contributed by atoms with E-state index in [-0.39, 0.29) is 4.83 Å². The highest BCUT2D eigenvalue weighted by Crippen LogP contribution is 2.35. The van der Waals surface area contributed by atoms with Crippen molar-refractivity contribution in [3.63, 3.8) is 0 Å². The van der Waals surface area contributed by atoms with Crippen molar-refractivity contribution in [1.82, 2.24) is 0 Å². The molecule has 0 fully saturated rings. The average Bonchev–Trinajstić information content (AvgIpc) is 2.33. The fourth-order valence-corrected chi connectivity index (χ4v) is 4.10. The molecule has 0 amide bonds. The Bertz CT molecular complexity index is 599. The summed E-state index contributed by atoms with van der Waals surface area (Å²) in [5.41, 5.74) is 2.27. The summed E-state index contributed by atoms with van der Waals surface area (Å²) in [4.78, 5) is 0.177. The van der Waals surface area contributed by atoms with Crippen LogP contribution in [0.5, 0.6) is 0 Å². The van der Waals surface area contributed by atoms with Gasteiger partial charge in [0.25, 0.3) is 0 Å². The topological polar surface area (TPSA) is 0 Å². The minimum atomic E-state index is 0.177. The lowest BCUT2D eigenvalue weighted by Crippen LogP contribution is -1.96. The predicted octanol–water partition coefficient (Wildman–Crippen LogP) is 7.09. The molecule has 0 N–H and O–H groups in total. The quantitative estimate of drug-likeness (QED) is 0.445. The molecule has 100 valence electrons.